The molecule has 5 rings (SSSR count). The molecule has 1 aliphatic rings. The van der Waals surface area contributed by atoms with E-state index in [9.17, 15) is 4.79 Å². The third-order valence-corrected chi connectivity index (χ3v) is 7.34. The number of halogens is 2. The number of carbonyl (C=O) groups is 1. The highest BCUT2D eigenvalue weighted by atomic mass is 35.5. The van der Waals surface area contributed by atoms with Crippen LogP contribution in [0.1, 0.15) is 17.2 Å². The van der Waals surface area contributed by atoms with Crippen LogP contribution in [0.3, 0.4) is 0 Å². The average molecular weight is 530 g/mol. The molecule has 0 spiro atoms. The van der Waals surface area contributed by atoms with Gasteiger partial charge in [0.1, 0.15) is 0 Å². The fourth-order valence-corrected chi connectivity index (χ4v) is 5.49. The summed E-state index contributed by atoms with van der Waals surface area (Å²) in [5.74, 6) is 0.0613. The van der Waals surface area contributed by atoms with Gasteiger partial charge in [-0.2, -0.15) is 0 Å². The van der Waals surface area contributed by atoms with Crippen LogP contribution in [0.15, 0.2) is 109 Å². The van der Waals surface area contributed by atoms with E-state index >= 15 is 0 Å². The van der Waals surface area contributed by atoms with Crippen molar-refractivity contribution in [3.05, 3.63) is 130 Å². The first kappa shape index (κ1) is 25.5. The minimum atomic E-state index is 0.0222. The highest BCUT2D eigenvalue weighted by molar-refractivity contribution is 6.35. The average Bonchev–Trinajstić information content (AvgIpc) is 2.93. The van der Waals surface area contributed by atoms with Gasteiger partial charge in [0, 0.05) is 47.6 Å². The summed E-state index contributed by atoms with van der Waals surface area (Å²) in [6, 6.07) is 35.9. The number of hydrogen-bond donors (Lipinski definition) is 0. The summed E-state index contributed by atoms with van der Waals surface area (Å²) in [6.45, 7) is 3.58. The van der Waals surface area contributed by atoms with Crippen molar-refractivity contribution in [3.8, 4) is 0 Å². The number of nitrogens with zero attached hydrogens (tertiary/aromatic N) is 3. The predicted molar refractivity (Wildman–Crippen MR) is 153 cm³/mol. The summed E-state index contributed by atoms with van der Waals surface area (Å²) in [5, 5.41) is 1.30. The van der Waals surface area contributed by atoms with E-state index in [2.05, 4.69) is 34.1 Å². The molecule has 1 saturated heterocycles. The molecular weight excluding hydrogens is 501 g/mol. The molecule has 0 N–H and O–H groups in total. The number of amides is 1. The fraction of sp³-hybridized carbons (Fsp3) is 0.194. The molecule has 0 radical (unpaired) electrons. The Balaban J connectivity index is 1.32. The number of para-hydroxylation sites is 2. The van der Waals surface area contributed by atoms with E-state index in [1.54, 1.807) is 0 Å². The fourth-order valence-electron chi connectivity index (χ4n) is 4.98. The van der Waals surface area contributed by atoms with E-state index < -0.39 is 0 Å². The van der Waals surface area contributed by atoms with Gasteiger partial charge in [-0.05, 0) is 47.5 Å². The second-order valence-corrected chi connectivity index (χ2v) is 10.0. The van der Waals surface area contributed by atoms with Crippen molar-refractivity contribution in [1.29, 1.82) is 0 Å². The van der Waals surface area contributed by atoms with Crippen LogP contribution in [-0.4, -0.2) is 48.4 Å². The maximum atomic E-state index is 13.6. The molecule has 188 valence electrons. The minimum absolute atomic E-state index is 0.0222. The Kier molecular flexibility index (Phi) is 8.22. The molecule has 1 atom stereocenters. The topological polar surface area (TPSA) is 26.8 Å². The van der Waals surface area contributed by atoms with Crippen molar-refractivity contribution in [1.82, 2.24) is 9.80 Å². The molecule has 1 amide bonds. The second kappa shape index (κ2) is 11.9. The number of piperazine rings is 1. The van der Waals surface area contributed by atoms with Crippen LogP contribution < -0.4 is 4.90 Å². The lowest BCUT2D eigenvalue weighted by molar-refractivity contribution is -0.119. The lowest BCUT2D eigenvalue weighted by atomic mass is 9.96. The van der Waals surface area contributed by atoms with E-state index in [-0.39, 0.29) is 11.9 Å². The van der Waals surface area contributed by atoms with Gasteiger partial charge in [-0.1, -0.05) is 96.0 Å². The molecule has 4 aromatic rings. The van der Waals surface area contributed by atoms with Gasteiger partial charge in [0.05, 0.1) is 12.6 Å². The van der Waals surface area contributed by atoms with Crippen LogP contribution in [-0.2, 0) is 4.79 Å². The number of rotatable bonds is 7. The van der Waals surface area contributed by atoms with Crippen molar-refractivity contribution in [2.75, 3.05) is 37.6 Å². The maximum Gasteiger partial charge on any atom is 0.245 e. The van der Waals surface area contributed by atoms with Gasteiger partial charge < -0.3 is 0 Å². The Bertz CT molecular complexity index is 1270. The summed E-state index contributed by atoms with van der Waals surface area (Å²) in [4.78, 5) is 20.1. The first-order chi connectivity index (χ1) is 18.1. The van der Waals surface area contributed by atoms with E-state index in [4.69, 9.17) is 23.2 Å². The minimum Gasteiger partial charge on any atom is -0.292 e. The molecule has 6 heteroatoms. The molecule has 0 bridgehead atoms. The Hall–Kier alpha value is -3.15. The highest BCUT2D eigenvalue weighted by Gasteiger charge is 2.29. The molecule has 0 saturated carbocycles. The van der Waals surface area contributed by atoms with Gasteiger partial charge in [-0.25, -0.2) is 0 Å². The Morgan fingerprint density at radius 3 is 1.81 bits per heavy atom. The summed E-state index contributed by atoms with van der Waals surface area (Å²) in [7, 11) is 0. The monoisotopic (exact) mass is 529 g/mol. The highest BCUT2D eigenvalue weighted by Crippen LogP contribution is 2.35. The summed E-state index contributed by atoms with van der Waals surface area (Å²) in [5.41, 5.74) is 3.98. The standard InChI is InChI=1S/C31H29Cl2N3O/c32-25-16-17-28(29(33)22-25)31(24-10-4-1-5-11-24)35-20-18-34(19-21-35)23-30(37)36(26-12-6-2-7-13-26)27-14-8-3-9-15-27/h1-17,22,31H,18-21,23H2. The van der Waals surface area contributed by atoms with Gasteiger partial charge in [0.15, 0.2) is 0 Å². The van der Waals surface area contributed by atoms with E-state index in [1.165, 1.54) is 5.56 Å². The molecule has 1 heterocycles. The molecule has 0 aromatic heterocycles. The van der Waals surface area contributed by atoms with Crippen LogP contribution in [0.5, 0.6) is 0 Å². The van der Waals surface area contributed by atoms with Gasteiger partial charge >= 0.3 is 0 Å². The second-order valence-electron chi connectivity index (χ2n) is 9.19. The smallest absolute Gasteiger partial charge is 0.245 e. The number of benzene rings is 4. The van der Waals surface area contributed by atoms with Crippen molar-refractivity contribution < 1.29 is 4.79 Å². The van der Waals surface area contributed by atoms with Crippen LogP contribution in [0, 0.1) is 0 Å². The van der Waals surface area contributed by atoms with Crippen molar-refractivity contribution in [2.45, 2.75) is 6.04 Å². The first-order valence-electron chi connectivity index (χ1n) is 12.5. The van der Waals surface area contributed by atoms with Gasteiger partial charge in [-0.3, -0.25) is 19.5 Å². The molecule has 1 fully saturated rings. The zero-order valence-electron chi connectivity index (χ0n) is 20.5. The van der Waals surface area contributed by atoms with E-state index in [0.29, 0.717) is 16.6 Å². The van der Waals surface area contributed by atoms with Crippen LogP contribution >= 0.6 is 23.2 Å². The quantitative estimate of drug-likeness (QED) is 0.256. The lowest BCUT2D eigenvalue weighted by Gasteiger charge is -2.40. The molecule has 4 aromatic carbocycles. The molecule has 4 nitrogen and oxygen atoms in total. The largest absolute Gasteiger partial charge is 0.292 e. The zero-order valence-corrected chi connectivity index (χ0v) is 22.0. The normalized spacial score (nSPS) is 15.3. The third kappa shape index (κ3) is 6.06. The molecule has 1 unspecified atom stereocenters. The van der Waals surface area contributed by atoms with Crippen molar-refractivity contribution in [2.24, 2.45) is 0 Å². The van der Waals surface area contributed by atoms with Crippen molar-refractivity contribution in [3.63, 3.8) is 0 Å². The van der Waals surface area contributed by atoms with Crippen LogP contribution in [0.2, 0.25) is 10.0 Å². The molecular formula is C31H29Cl2N3O. The third-order valence-electron chi connectivity index (χ3n) is 6.78. The molecule has 37 heavy (non-hydrogen) atoms. The first-order valence-corrected chi connectivity index (χ1v) is 13.2. The van der Waals surface area contributed by atoms with Gasteiger partial charge in [0.25, 0.3) is 0 Å². The number of anilines is 2. The van der Waals surface area contributed by atoms with E-state index in [1.807, 2.05) is 89.8 Å². The van der Waals surface area contributed by atoms with Gasteiger partial charge in [0.2, 0.25) is 5.91 Å². The maximum absolute atomic E-state index is 13.6. The summed E-state index contributed by atoms with van der Waals surface area (Å²) < 4.78 is 0. The van der Waals surface area contributed by atoms with E-state index in [0.717, 1.165) is 43.1 Å². The number of carbonyl (C=O) groups excluding carboxylic acids is 1. The summed E-state index contributed by atoms with van der Waals surface area (Å²) in [6.07, 6.45) is 0. The van der Waals surface area contributed by atoms with Crippen molar-refractivity contribution >= 4 is 40.5 Å². The Morgan fingerprint density at radius 1 is 0.730 bits per heavy atom. The lowest BCUT2D eigenvalue weighted by Crippen LogP contribution is -2.50. The predicted octanol–water partition coefficient (Wildman–Crippen LogP) is 7.07. The Morgan fingerprint density at radius 2 is 1.27 bits per heavy atom. The van der Waals surface area contributed by atoms with Crippen LogP contribution in [0.25, 0.3) is 0 Å². The summed E-state index contributed by atoms with van der Waals surface area (Å²) >= 11 is 12.9. The Labute approximate surface area is 228 Å². The zero-order chi connectivity index (χ0) is 25.6. The van der Waals surface area contributed by atoms with Crippen LogP contribution in [0.4, 0.5) is 11.4 Å². The molecule has 0 aliphatic carbocycles. The molecule has 1 aliphatic heterocycles. The van der Waals surface area contributed by atoms with Gasteiger partial charge in [-0.15, -0.1) is 0 Å². The SMILES string of the molecule is O=C(CN1CCN(C(c2ccccc2)c2ccc(Cl)cc2Cl)CC1)N(c1ccccc1)c1ccccc1. The number of hydrogen-bond acceptors (Lipinski definition) is 3.